The quantitative estimate of drug-likeness (QED) is 0.681. The van der Waals surface area contributed by atoms with Crippen molar-refractivity contribution in [1.82, 2.24) is 20.2 Å². The highest BCUT2D eigenvalue weighted by Gasteiger charge is 2.24. The fourth-order valence-corrected chi connectivity index (χ4v) is 4.28. The van der Waals surface area contributed by atoms with E-state index in [1.54, 1.807) is 0 Å². The van der Waals surface area contributed by atoms with Crippen LogP contribution >= 0.6 is 0 Å². The van der Waals surface area contributed by atoms with Crippen LogP contribution in [0.3, 0.4) is 0 Å². The van der Waals surface area contributed by atoms with Gasteiger partial charge in [-0.25, -0.2) is 4.98 Å². The second-order valence-electron chi connectivity index (χ2n) is 8.05. The van der Waals surface area contributed by atoms with Crippen LogP contribution in [0, 0.1) is 0 Å². The third kappa shape index (κ3) is 4.11. The molecule has 1 atom stereocenters. The lowest BCUT2D eigenvalue weighted by Gasteiger charge is -2.21. The summed E-state index contributed by atoms with van der Waals surface area (Å²) in [4.78, 5) is 25.1. The van der Waals surface area contributed by atoms with Crippen molar-refractivity contribution < 1.29 is 9.53 Å². The molecule has 2 aromatic carbocycles. The molecule has 3 aromatic rings. The van der Waals surface area contributed by atoms with Crippen molar-refractivity contribution in [2.75, 3.05) is 44.2 Å². The molecular weight excluding hydrogens is 378 g/mol. The van der Waals surface area contributed by atoms with Gasteiger partial charge in [-0.05, 0) is 30.2 Å². The monoisotopic (exact) mass is 405 g/mol. The lowest BCUT2D eigenvalue weighted by atomic mass is 10.1. The Morgan fingerprint density at radius 1 is 1.10 bits per heavy atom. The maximum absolute atomic E-state index is 12.5. The number of aromatic nitrogens is 2. The summed E-state index contributed by atoms with van der Waals surface area (Å²) in [6.45, 7) is 4.52. The minimum atomic E-state index is 0.0269. The molecule has 0 aliphatic carbocycles. The molecule has 1 aromatic heterocycles. The van der Waals surface area contributed by atoms with Crippen LogP contribution in [0.2, 0.25) is 0 Å². The molecule has 0 spiro atoms. The largest absolute Gasteiger partial charge is 0.488 e. The molecule has 0 bridgehead atoms. The molecule has 2 aliphatic rings. The average molecular weight is 406 g/mol. The Kier molecular flexibility index (Phi) is 5.27. The van der Waals surface area contributed by atoms with Crippen LogP contribution in [0.1, 0.15) is 12.0 Å². The van der Waals surface area contributed by atoms with Crippen molar-refractivity contribution >= 4 is 22.9 Å². The Morgan fingerprint density at radius 3 is 2.87 bits per heavy atom. The second-order valence-corrected chi connectivity index (χ2v) is 8.05. The molecule has 156 valence electrons. The summed E-state index contributed by atoms with van der Waals surface area (Å²) in [6.07, 6.45) is 1.89. The Morgan fingerprint density at radius 2 is 1.97 bits per heavy atom. The SMILES string of the molecule is O=C(CN1CCCN(c2nc3ccccc3[nH]2)CC1)NCC1Cc2ccccc2O1. The number of carbonyl (C=O) groups is 1. The molecule has 1 amide bonds. The molecule has 1 saturated heterocycles. The van der Waals surface area contributed by atoms with Crippen molar-refractivity contribution in [3.05, 3.63) is 54.1 Å². The highest BCUT2D eigenvalue weighted by molar-refractivity contribution is 5.78. The minimum absolute atomic E-state index is 0.0269. The number of rotatable bonds is 5. The summed E-state index contributed by atoms with van der Waals surface area (Å²) in [6, 6.07) is 16.2. The second kappa shape index (κ2) is 8.36. The molecule has 30 heavy (non-hydrogen) atoms. The van der Waals surface area contributed by atoms with Crippen LogP contribution in [0.25, 0.3) is 11.0 Å². The number of fused-ring (bicyclic) bond motifs is 2. The summed E-state index contributed by atoms with van der Waals surface area (Å²) in [7, 11) is 0. The fraction of sp³-hybridized carbons (Fsp3) is 0.391. The maximum atomic E-state index is 12.5. The summed E-state index contributed by atoms with van der Waals surface area (Å²) >= 11 is 0. The predicted octanol–water partition coefficient (Wildman–Crippen LogP) is 2.19. The number of hydrogen-bond acceptors (Lipinski definition) is 5. The number of nitrogens with one attached hydrogen (secondary N) is 2. The number of amides is 1. The highest BCUT2D eigenvalue weighted by Crippen LogP contribution is 2.27. The van der Waals surface area contributed by atoms with Crippen LogP contribution in [0.4, 0.5) is 5.95 Å². The smallest absolute Gasteiger partial charge is 0.234 e. The Labute approximate surface area is 176 Å². The van der Waals surface area contributed by atoms with E-state index in [2.05, 4.69) is 26.2 Å². The number of aromatic amines is 1. The van der Waals surface area contributed by atoms with Crippen LogP contribution < -0.4 is 15.0 Å². The van der Waals surface area contributed by atoms with Gasteiger partial charge in [-0.2, -0.15) is 0 Å². The van der Waals surface area contributed by atoms with Crippen molar-refractivity contribution in [3.63, 3.8) is 0 Å². The zero-order valence-electron chi connectivity index (χ0n) is 17.0. The summed E-state index contributed by atoms with van der Waals surface area (Å²) in [5.74, 6) is 1.92. The lowest BCUT2D eigenvalue weighted by Crippen LogP contribution is -2.42. The van der Waals surface area contributed by atoms with E-state index in [1.165, 1.54) is 5.56 Å². The topological polar surface area (TPSA) is 73.5 Å². The first-order valence-electron chi connectivity index (χ1n) is 10.7. The van der Waals surface area contributed by atoms with Gasteiger partial charge in [-0.1, -0.05) is 30.3 Å². The van der Waals surface area contributed by atoms with E-state index in [-0.39, 0.29) is 12.0 Å². The molecule has 2 aliphatic heterocycles. The van der Waals surface area contributed by atoms with E-state index < -0.39 is 0 Å². The molecule has 5 rings (SSSR count). The minimum Gasteiger partial charge on any atom is -0.488 e. The first-order chi connectivity index (χ1) is 14.7. The number of anilines is 1. The van der Waals surface area contributed by atoms with Crippen LogP contribution in [-0.2, 0) is 11.2 Å². The van der Waals surface area contributed by atoms with E-state index in [9.17, 15) is 4.79 Å². The van der Waals surface area contributed by atoms with Crippen molar-refractivity contribution in [2.45, 2.75) is 18.9 Å². The lowest BCUT2D eigenvalue weighted by molar-refractivity contribution is -0.122. The summed E-state index contributed by atoms with van der Waals surface area (Å²) in [5.41, 5.74) is 3.27. The molecule has 0 saturated carbocycles. The van der Waals surface area contributed by atoms with Gasteiger partial charge in [0.1, 0.15) is 11.9 Å². The van der Waals surface area contributed by atoms with E-state index in [1.807, 2.05) is 42.5 Å². The molecule has 2 N–H and O–H groups in total. The third-order valence-electron chi connectivity index (χ3n) is 5.87. The number of ether oxygens (including phenoxy) is 1. The number of benzene rings is 2. The molecule has 7 heteroatoms. The number of carbonyl (C=O) groups excluding carboxylic acids is 1. The zero-order chi connectivity index (χ0) is 20.3. The van der Waals surface area contributed by atoms with Crippen LogP contribution in [0.5, 0.6) is 5.75 Å². The summed E-state index contributed by atoms with van der Waals surface area (Å²) in [5, 5.41) is 3.05. The van der Waals surface area contributed by atoms with E-state index in [0.717, 1.165) is 61.8 Å². The summed E-state index contributed by atoms with van der Waals surface area (Å²) < 4.78 is 5.91. The molecule has 3 heterocycles. The molecular formula is C23H27N5O2. The molecule has 7 nitrogen and oxygen atoms in total. The average Bonchev–Trinajstić information content (AvgIpc) is 3.31. The van der Waals surface area contributed by atoms with Crippen molar-refractivity contribution in [3.8, 4) is 5.75 Å². The maximum Gasteiger partial charge on any atom is 0.234 e. The Hall–Kier alpha value is -3.06. The van der Waals surface area contributed by atoms with Crippen molar-refractivity contribution in [1.29, 1.82) is 0 Å². The van der Waals surface area contributed by atoms with Gasteiger partial charge in [0.15, 0.2) is 0 Å². The fourth-order valence-electron chi connectivity index (χ4n) is 4.28. The van der Waals surface area contributed by atoms with Gasteiger partial charge in [0.25, 0.3) is 0 Å². The first-order valence-corrected chi connectivity index (χ1v) is 10.7. The van der Waals surface area contributed by atoms with Gasteiger partial charge in [-0.3, -0.25) is 9.69 Å². The third-order valence-corrected chi connectivity index (χ3v) is 5.87. The van der Waals surface area contributed by atoms with Crippen molar-refractivity contribution in [2.24, 2.45) is 0 Å². The molecule has 1 fully saturated rings. The van der Waals surface area contributed by atoms with E-state index >= 15 is 0 Å². The Balaban J connectivity index is 1.10. The standard InChI is InChI=1S/C23H27N5O2/c29-22(24-15-18-14-17-6-1-4-9-21(17)30-18)16-27-10-5-11-28(13-12-27)23-25-19-7-2-3-8-20(19)26-23/h1-4,6-9,18H,5,10-16H2,(H,24,29)(H,25,26). The predicted molar refractivity (Wildman–Crippen MR) is 117 cm³/mol. The molecule has 1 unspecified atom stereocenters. The number of hydrogen-bond donors (Lipinski definition) is 2. The van der Waals surface area contributed by atoms with E-state index in [4.69, 9.17) is 9.72 Å². The number of nitrogens with zero attached hydrogens (tertiary/aromatic N) is 3. The van der Waals surface area contributed by atoms with Gasteiger partial charge in [0.05, 0.1) is 24.1 Å². The molecule has 0 radical (unpaired) electrons. The van der Waals surface area contributed by atoms with E-state index in [0.29, 0.717) is 13.1 Å². The normalized spacial score (nSPS) is 19.3. The van der Waals surface area contributed by atoms with Gasteiger partial charge in [0, 0.05) is 32.6 Å². The Bertz CT molecular complexity index is 975. The first kappa shape index (κ1) is 18.9. The number of para-hydroxylation sites is 3. The van der Waals surface area contributed by atoms with Gasteiger partial charge >= 0.3 is 0 Å². The highest BCUT2D eigenvalue weighted by atomic mass is 16.5. The van der Waals surface area contributed by atoms with Gasteiger partial charge in [0.2, 0.25) is 11.9 Å². The van der Waals surface area contributed by atoms with Crippen LogP contribution in [-0.4, -0.2) is 66.1 Å². The van der Waals surface area contributed by atoms with Gasteiger partial charge in [-0.15, -0.1) is 0 Å². The van der Waals surface area contributed by atoms with Crippen LogP contribution in [0.15, 0.2) is 48.5 Å². The number of imidazole rings is 1. The van der Waals surface area contributed by atoms with Gasteiger partial charge < -0.3 is 19.9 Å². The zero-order valence-corrected chi connectivity index (χ0v) is 17.0. The number of H-pyrrole nitrogens is 1.